The van der Waals surface area contributed by atoms with Crippen molar-refractivity contribution in [3.05, 3.63) is 60.2 Å². The van der Waals surface area contributed by atoms with Gasteiger partial charge in [0, 0.05) is 52.5 Å². The van der Waals surface area contributed by atoms with Crippen LogP contribution < -0.4 is 4.90 Å². The Morgan fingerprint density at radius 1 is 0.889 bits per heavy atom. The first-order chi connectivity index (χ1) is 12.9. The fourth-order valence-electron chi connectivity index (χ4n) is 4.27. The molecular weight excluding hydrogens is 358 g/mol. The van der Waals surface area contributed by atoms with E-state index in [1.165, 1.54) is 11.3 Å². The van der Waals surface area contributed by atoms with Gasteiger partial charge < -0.3 is 4.90 Å². The van der Waals surface area contributed by atoms with Gasteiger partial charge in [0.25, 0.3) is 0 Å². The lowest BCUT2D eigenvalue weighted by Crippen LogP contribution is -2.33. The van der Waals surface area contributed by atoms with E-state index in [2.05, 4.69) is 34.1 Å². The van der Waals surface area contributed by atoms with Crippen molar-refractivity contribution in [3.8, 4) is 0 Å². The Bertz CT molecular complexity index is 867. The van der Waals surface area contributed by atoms with Gasteiger partial charge in [-0.25, -0.2) is 8.42 Å². The zero-order chi connectivity index (χ0) is 19.0. The van der Waals surface area contributed by atoms with Gasteiger partial charge in [-0.3, -0.25) is 4.90 Å². The molecule has 144 valence electrons. The lowest BCUT2D eigenvalue weighted by atomic mass is 10.0. The molecule has 2 fully saturated rings. The number of fused-ring (bicyclic) bond motifs is 1. The summed E-state index contributed by atoms with van der Waals surface area (Å²) >= 11 is 0. The minimum Gasteiger partial charge on any atom is -0.378 e. The van der Waals surface area contributed by atoms with Crippen LogP contribution in [0.4, 0.5) is 5.69 Å². The van der Waals surface area contributed by atoms with Crippen LogP contribution in [0.2, 0.25) is 0 Å². The summed E-state index contributed by atoms with van der Waals surface area (Å²) in [7, 11) is 0.735. The van der Waals surface area contributed by atoms with Crippen LogP contribution in [0.25, 0.3) is 0 Å². The van der Waals surface area contributed by atoms with Crippen molar-refractivity contribution in [2.45, 2.75) is 11.4 Å². The van der Waals surface area contributed by atoms with Crippen molar-refractivity contribution in [2.75, 3.05) is 45.2 Å². The Labute approximate surface area is 162 Å². The molecule has 0 spiro atoms. The molecule has 2 aliphatic rings. The topological polar surface area (TPSA) is 43.9 Å². The first kappa shape index (κ1) is 18.5. The van der Waals surface area contributed by atoms with E-state index in [-0.39, 0.29) is 0 Å². The van der Waals surface area contributed by atoms with Gasteiger partial charge in [0.2, 0.25) is 10.0 Å². The predicted octanol–water partition coefficient (Wildman–Crippen LogP) is 2.51. The third kappa shape index (κ3) is 3.74. The maximum Gasteiger partial charge on any atom is 0.243 e. The normalized spacial score (nSPS) is 23.5. The molecule has 5 nitrogen and oxygen atoms in total. The van der Waals surface area contributed by atoms with E-state index < -0.39 is 10.0 Å². The standard InChI is InChI=1S/C21H27N3O2S/c1-22(2)20-10-8-17(9-11-20)12-23-13-18-15-24(16-19(18)14-23)27(25,26)21-6-4-3-5-7-21/h3-11,18-19H,12-16H2,1-2H3/t18-,19-/m0/s1. The molecule has 6 heteroatoms. The van der Waals surface area contributed by atoms with Crippen molar-refractivity contribution in [3.63, 3.8) is 0 Å². The molecule has 0 unspecified atom stereocenters. The summed E-state index contributed by atoms with van der Waals surface area (Å²) in [6.45, 7) is 4.16. The molecule has 2 aromatic rings. The lowest BCUT2D eigenvalue weighted by molar-refractivity contribution is 0.289. The summed E-state index contributed by atoms with van der Waals surface area (Å²) in [6.07, 6.45) is 0. The van der Waals surface area contributed by atoms with Crippen molar-refractivity contribution in [1.82, 2.24) is 9.21 Å². The van der Waals surface area contributed by atoms with Gasteiger partial charge in [-0.1, -0.05) is 30.3 Å². The molecule has 0 radical (unpaired) electrons. The maximum atomic E-state index is 12.8. The summed E-state index contributed by atoms with van der Waals surface area (Å²) in [5.41, 5.74) is 2.52. The van der Waals surface area contributed by atoms with Crippen LogP contribution in [0.3, 0.4) is 0 Å². The monoisotopic (exact) mass is 385 g/mol. The molecule has 0 saturated carbocycles. The number of nitrogens with zero attached hydrogens (tertiary/aromatic N) is 3. The molecule has 2 aromatic carbocycles. The number of anilines is 1. The number of hydrogen-bond donors (Lipinski definition) is 0. The Morgan fingerprint density at radius 2 is 1.48 bits per heavy atom. The van der Waals surface area contributed by atoms with Crippen LogP contribution in [-0.2, 0) is 16.6 Å². The fraction of sp³-hybridized carbons (Fsp3) is 0.429. The lowest BCUT2D eigenvalue weighted by Gasteiger charge is -2.22. The number of rotatable bonds is 5. The predicted molar refractivity (Wildman–Crippen MR) is 108 cm³/mol. The summed E-state index contributed by atoms with van der Waals surface area (Å²) in [5, 5.41) is 0. The molecule has 0 aliphatic carbocycles. The summed E-state index contributed by atoms with van der Waals surface area (Å²) in [5.74, 6) is 0.870. The van der Waals surface area contributed by atoms with Crippen molar-refractivity contribution >= 4 is 15.7 Å². The van der Waals surface area contributed by atoms with Gasteiger partial charge >= 0.3 is 0 Å². The van der Waals surface area contributed by atoms with E-state index >= 15 is 0 Å². The van der Waals surface area contributed by atoms with E-state index in [4.69, 9.17) is 0 Å². The third-order valence-corrected chi connectivity index (χ3v) is 7.61. The van der Waals surface area contributed by atoms with Crippen molar-refractivity contribution in [1.29, 1.82) is 0 Å². The van der Waals surface area contributed by atoms with Gasteiger partial charge in [0.15, 0.2) is 0 Å². The molecule has 0 amide bonds. The molecule has 4 rings (SSSR count). The number of benzene rings is 2. The second-order valence-corrected chi connectivity index (χ2v) is 9.85. The van der Waals surface area contributed by atoms with Crippen molar-refractivity contribution in [2.24, 2.45) is 11.8 Å². The largest absolute Gasteiger partial charge is 0.378 e. The molecule has 0 aromatic heterocycles. The van der Waals surface area contributed by atoms with Gasteiger partial charge in [0.1, 0.15) is 0 Å². The van der Waals surface area contributed by atoms with E-state index in [0.29, 0.717) is 29.8 Å². The van der Waals surface area contributed by atoms with E-state index in [0.717, 1.165) is 19.6 Å². The van der Waals surface area contributed by atoms with Crippen LogP contribution in [-0.4, -0.2) is 57.9 Å². The average Bonchev–Trinajstić information content (AvgIpc) is 3.22. The highest BCUT2D eigenvalue weighted by Crippen LogP contribution is 2.34. The molecule has 2 aliphatic heterocycles. The first-order valence-electron chi connectivity index (χ1n) is 9.47. The first-order valence-corrected chi connectivity index (χ1v) is 10.9. The zero-order valence-electron chi connectivity index (χ0n) is 16.0. The molecule has 0 N–H and O–H groups in total. The minimum atomic E-state index is -3.36. The van der Waals surface area contributed by atoms with Gasteiger partial charge in [-0.2, -0.15) is 4.31 Å². The fourth-order valence-corrected chi connectivity index (χ4v) is 5.85. The van der Waals surface area contributed by atoms with Crippen molar-refractivity contribution < 1.29 is 8.42 Å². The Kier molecular flexibility index (Phi) is 4.97. The Morgan fingerprint density at radius 3 is 2.04 bits per heavy atom. The molecular formula is C21H27N3O2S. The van der Waals surface area contributed by atoms with Gasteiger partial charge in [0.05, 0.1) is 4.90 Å². The van der Waals surface area contributed by atoms with E-state index in [9.17, 15) is 8.42 Å². The highest BCUT2D eigenvalue weighted by molar-refractivity contribution is 7.89. The molecule has 0 bridgehead atoms. The smallest absolute Gasteiger partial charge is 0.243 e. The van der Waals surface area contributed by atoms with Gasteiger partial charge in [-0.05, 0) is 41.7 Å². The quantitative estimate of drug-likeness (QED) is 0.793. The molecule has 2 atom stereocenters. The Balaban J connectivity index is 1.37. The molecule has 2 saturated heterocycles. The van der Waals surface area contributed by atoms with E-state index in [1.54, 1.807) is 28.6 Å². The van der Waals surface area contributed by atoms with Crippen LogP contribution in [0.1, 0.15) is 5.56 Å². The van der Waals surface area contributed by atoms with Crippen LogP contribution in [0, 0.1) is 11.8 Å². The van der Waals surface area contributed by atoms with Crippen LogP contribution >= 0.6 is 0 Å². The van der Waals surface area contributed by atoms with E-state index in [1.807, 2.05) is 20.2 Å². The van der Waals surface area contributed by atoms with Crippen LogP contribution in [0.5, 0.6) is 0 Å². The third-order valence-electron chi connectivity index (χ3n) is 5.77. The highest BCUT2D eigenvalue weighted by atomic mass is 32.2. The number of sulfonamides is 1. The second-order valence-electron chi connectivity index (χ2n) is 7.91. The minimum absolute atomic E-state index is 0.405. The average molecular weight is 386 g/mol. The SMILES string of the molecule is CN(C)c1ccc(CN2C[C@H]3CN(S(=O)(=O)c4ccccc4)C[C@@H]3C2)cc1. The second kappa shape index (κ2) is 7.26. The summed E-state index contributed by atoms with van der Waals surface area (Å²) in [6, 6.07) is 17.5. The molecule has 2 heterocycles. The highest BCUT2D eigenvalue weighted by Gasteiger charge is 2.44. The number of hydrogen-bond acceptors (Lipinski definition) is 4. The molecule has 27 heavy (non-hydrogen) atoms. The summed E-state index contributed by atoms with van der Waals surface area (Å²) in [4.78, 5) is 4.97. The van der Waals surface area contributed by atoms with Gasteiger partial charge in [-0.15, -0.1) is 0 Å². The summed E-state index contributed by atoms with van der Waals surface area (Å²) < 4.78 is 27.3. The van der Waals surface area contributed by atoms with Crippen LogP contribution in [0.15, 0.2) is 59.5 Å². The maximum absolute atomic E-state index is 12.8. The Hall–Kier alpha value is -1.89. The number of likely N-dealkylation sites (tertiary alicyclic amines) is 1. The zero-order valence-corrected chi connectivity index (χ0v) is 16.8.